The van der Waals surface area contributed by atoms with Crippen molar-refractivity contribution in [2.24, 2.45) is 0 Å². The van der Waals surface area contributed by atoms with Crippen LogP contribution in [0.3, 0.4) is 0 Å². The number of hydrogen-bond acceptors (Lipinski definition) is 4. The summed E-state index contributed by atoms with van der Waals surface area (Å²) in [7, 11) is 0. The number of nitrogens with one attached hydrogen (secondary N) is 1. The zero-order chi connectivity index (χ0) is 14.7. The SMILES string of the molecule is CC(C)c1nccc(CN2CCCC(c3ccn[nH]3)C2)n1. The van der Waals surface area contributed by atoms with Gasteiger partial charge in [-0.2, -0.15) is 5.10 Å². The van der Waals surface area contributed by atoms with E-state index in [0.717, 1.165) is 31.2 Å². The smallest absolute Gasteiger partial charge is 0.131 e. The lowest BCUT2D eigenvalue weighted by molar-refractivity contribution is 0.196. The van der Waals surface area contributed by atoms with E-state index in [2.05, 4.69) is 45.0 Å². The van der Waals surface area contributed by atoms with E-state index in [1.165, 1.54) is 18.5 Å². The van der Waals surface area contributed by atoms with E-state index >= 15 is 0 Å². The van der Waals surface area contributed by atoms with Crippen LogP contribution in [-0.2, 0) is 6.54 Å². The summed E-state index contributed by atoms with van der Waals surface area (Å²) in [6.07, 6.45) is 6.19. The fourth-order valence-electron chi connectivity index (χ4n) is 2.96. The molecule has 21 heavy (non-hydrogen) atoms. The summed E-state index contributed by atoms with van der Waals surface area (Å²) in [6.45, 7) is 7.39. The second-order valence-corrected chi connectivity index (χ2v) is 6.15. The highest BCUT2D eigenvalue weighted by Crippen LogP contribution is 2.26. The molecule has 3 rings (SSSR count). The molecule has 1 N–H and O–H groups in total. The lowest BCUT2D eigenvalue weighted by Gasteiger charge is -2.31. The van der Waals surface area contributed by atoms with Gasteiger partial charge in [-0.3, -0.25) is 10.00 Å². The van der Waals surface area contributed by atoms with E-state index in [1.807, 2.05) is 18.5 Å². The van der Waals surface area contributed by atoms with Crippen molar-refractivity contribution in [1.29, 1.82) is 0 Å². The first-order valence-electron chi connectivity index (χ1n) is 7.76. The number of aromatic amines is 1. The maximum absolute atomic E-state index is 4.68. The van der Waals surface area contributed by atoms with Gasteiger partial charge in [-0.25, -0.2) is 9.97 Å². The molecule has 0 aliphatic carbocycles. The molecule has 1 atom stereocenters. The van der Waals surface area contributed by atoms with Crippen LogP contribution in [0.2, 0.25) is 0 Å². The van der Waals surface area contributed by atoms with Gasteiger partial charge in [-0.1, -0.05) is 13.8 Å². The van der Waals surface area contributed by atoms with Gasteiger partial charge in [0, 0.05) is 43.0 Å². The van der Waals surface area contributed by atoms with Crippen LogP contribution in [0, 0.1) is 0 Å². The number of piperidine rings is 1. The van der Waals surface area contributed by atoms with Gasteiger partial charge in [0.2, 0.25) is 0 Å². The molecule has 2 aromatic heterocycles. The molecule has 1 aliphatic rings. The second-order valence-electron chi connectivity index (χ2n) is 6.15. The molecule has 2 aromatic rings. The van der Waals surface area contributed by atoms with Gasteiger partial charge < -0.3 is 0 Å². The molecule has 1 saturated heterocycles. The predicted molar refractivity (Wildman–Crippen MR) is 82.0 cm³/mol. The average molecular weight is 285 g/mol. The van der Waals surface area contributed by atoms with E-state index < -0.39 is 0 Å². The van der Waals surface area contributed by atoms with Crippen molar-refractivity contribution in [2.45, 2.75) is 45.1 Å². The summed E-state index contributed by atoms with van der Waals surface area (Å²) >= 11 is 0. The van der Waals surface area contributed by atoms with Crippen LogP contribution in [0.4, 0.5) is 0 Å². The molecule has 0 spiro atoms. The molecule has 3 heterocycles. The minimum Gasteiger partial charge on any atom is -0.297 e. The molecule has 0 saturated carbocycles. The Morgan fingerprint density at radius 2 is 2.24 bits per heavy atom. The molecule has 0 amide bonds. The maximum atomic E-state index is 4.68. The van der Waals surface area contributed by atoms with E-state index in [4.69, 9.17) is 0 Å². The number of aromatic nitrogens is 4. The highest BCUT2D eigenvalue weighted by Gasteiger charge is 2.22. The third kappa shape index (κ3) is 3.47. The zero-order valence-electron chi connectivity index (χ0n) is 12.8. The van der Waals surface area contributed by atoms with Gasteiger partial charge in [0.15, 0.2) is 0 Å². The van der Waals surface area contributed by atoms with Crippen molar-refractivity contribution in [3.63, 3.8) is 0 Å². The van der Waals surface area contributed by atoms with Crippen LogP contribution in [0.15, 0.2) is 24.5 Å². The van der Waals surface area contributed by atoms with Crippen LogP contribution in [0.1, 0.15) is 55.7 Å². The van der Waals surface area contributed by atoms with Crippen LogP contribution < -0.4 is 0 Å². The molecular weight excluding hydrogens is 262 g/mol. The standard InChI is InChI=1S/C16H23N5/c1-12(2)16-17-7-5-14(19-16)11-21-9-3-4-13(10-21)15-6-8-18-20-15/h5-8,12-13H,3-4,9-11H2,1-2H3,(H,18,20). The zero-order valence-corrected chi connectivity index (χ0v) is 12.8. The van der Waals surface area contributed by atoms with Crippen molar-refractivity contribution < 1.29 is 0 Å². The van der Waals surface area contributed by atoms with E-state index in [1.54, 1.807) is 0 Å². The molecule has 0 bridgehead atoms. The van der Waals surface area contributed by atoms with Crippen molar-refractivity contribution in [3.8, 4) is 0 Å². The van der Waals surface area contributed by atoms with E-state index in [-0.39, 0.29) is 0 Å². The highest BCUT2D eigenvalue weighted by atomic mass is 15.2. The Kier molecular flexibility index (Phi) is 4.29. The summed E-state index contributed by atoms with van der Waals surface area (Å²) in [6, 6.07) is 4.13. The number of likely N-dealkylation sites (tertiary alicyclic amines) is 1. The largest absolute Gasteiger partial charge is 0.297 e. The fraction of sp³-hybridized carbons (Fsp3) is 0.562. The summed E-state index contributed by atoms with van der Waals surface area (Å²) < 4.78 is 0. The molecule has 1 fully saturated rings. The molecule has 0 aromatic carbocycles. The van der Waals surface area contributed by atoms with Crippen LogP contribution in [0.25, 0.3) is 0 Å². The Balaban J connectivity index is 1.66. The van der Waals surface area contributed by atoms with Crippen molar-refractivity contribution >= 4 is 0 Å². The average Bonchev–Trinajstić information content (AvgIpc) is 3.02. The number of hydrogen-bond donors (Lipinski definition) is 1. The Morgan fingerprint density at radius 1 is 1.33 bits per heavy atom. The first-order chi connectivity index (χ1) is 10.2. The fourth-order valence-corrected chi connectivity index (χ4v) is 2.96. The second kappa shape index (κ2) is 6.35. The number of H-pyrrole nitrogens is 1. The molecule has 0 radical (unpaired) electrons. The summed E-state index contributed by atoms with van der Waals surface area (Å²) in [5, 5.41) is 7.19. The maximum Gasteiger partial charge on any atom is 0.131 e. The number of nitrogens with zero attached hydrogens (tertiary/aromatic N) is 4. The van der Waals surface area contributed by atoms with Crippen molar-refractivity contribution in [2.75, 3.05) is 13.1 Å². The predicted octanol–water partition coefficient (Wildman–Crippen LogP) is 2.70. The van der Waals surface area contributed by atoms with Gasteiger partial charge in [0.25, 0.3) is 0 Å². The van der Waals surface area contributed by atoms with Crippen LogP contribution in [-0.4, -0.2) is 38.2 Å². The monoisotopic (exact) mass is 285 g/mol. The topological polar surface area (TPSA) is 57.7 Å². The summed E-state index contributed by atoms with van der Waals surface area (Å²) in [4.78, 5) is 11.5. The summed E-state index contributed by atoms with van der Waals surface area (Å²) in [5.74, 6) is 1.88. The molecule has 1 unspecified atom stereocenters. The van der Waals surface area contributed by atoms with E-state index in [9.17, 15) is 0 Å². The molecule has 1 aliphatic heterocycles. The molecule has 5 heteroatoms. The molecular formula is C16H23N5. The van der Waals surface area contributed by atoms with E-state index in [0.29, 0.717) is 11.8 Å². The third-order valence-electron chi connectivity index (χ3n) is 4.10. The highest BCUT2D eigenvalue weighted by molar-refractivity contribution is 5.09. The summed E-state index contributed by atoms with van der Waals surface area (Å²) in [5.41, 5.74) is 2.38. The quantitative estimate of drug-likeness (QED) is 0.938. The Hall–Kier alpha value is -1.75. The van der Waals surface area contributed by atoms with Gasteiger partial charge in [0.05, 0.1) is 5.69 Å². The van der Waals surface area contributed by atoms with Crippen molar-refractivity contribution in [3.05, 3.63) is 41.7 Å². The normalized spacial score (nSPS) is 20.0. The van der Waals surface area contributed by atoms with Gasteiger partial charge >= 0.3 is 0 Å². The van der Waals surface area contributed by atoms with Gasteiger partial charge in [0.1, 0.15) is 5.82 Å². The minimum atomic E-state index is 0.379. The third-order valence-corrected chi connectivity index (χ3v) is 4.10. The Bertz CT molecular complexity index is 564. The molecule has 5 nitrogen and oxygen atoms in total. The lowest BCUT2D eigenvalue weighted by Crippen LogP contribution is -2.34. The molecule has 112 valence electrons. The van der Waals surface area contributed by atoms with Crippen LogP contribution >= 0.6 is 0 Å². The minimum absolute atomic E-state index is 0.379. The first kappa shape index (κ1) is 14.2. The van der Waals surface area contributed by atoms with Crippen molar-refractivity contribution in [1.82, 2.24) is 25.1 Å². The Morgan fingerprint density at radius 3 is 3.00 bits per heavy atom. The van der Waals surface area contributed by atoms with Gasteiger partial charge in [-0.05, 0) is 31.5 Å². The number of rotatable bonds is 4. The van der Waals surface area contributed by atoms with Gasteiger partial charge in [-0.15, -0.1) is 0 Å². The first-order valence-corrected chi connectivity index (χ1v) is 7.76. The van der Waals surface area contributed by atoms with Crippen LogP contribution in [0.5, 0.6) is 0 Å². The Labute approximate surface area is 125 Å². The lowest BCUT2D eigenvalue weighted by atomic mass is 9.95.